The highest BCUT2D eigenvalue weighted by atomic mass is 16.5. The van der Waals surface area contributed by atoms with Gasteiger partial charge in [0.15, 0.2) is 5.82 Å². The summed E-state index contributed by atoms with van der Waals surface area (Å²) in [5.41, 5.74) is 13.5. The molecule has 4 heteroatoms. The van der Waals surface area contributed by atoms with Crippen LogP contribution in [0.4, 0.5) is 0 Å². The van der Waals surface area contributed by atoms with Crippen LogP contribution in [0.3, 0.4) is 0 Å². The molecule has 0 unspecified atom stereocenters. The lowest BCUT2D eigenvalue weighted by Gasteiger charge is -2.39. The van der Waals surface area contributed by atoms with Gasteiger partial charge in [0.05, 0.1) is 28.4 Å². The fraction of sp³-hybridized carbons (Fsp3) is 0.0208. The van der Waals surface area contributed by atoms with E-state index in [4.69, 9.17) is 14.7 Å². The average Bonchev–Trinajstić information content (AvgIpc) is 3.52. The molecule has 0 amide bonds. The third kappa shape index (κ3) is 4.40. The van der Waals surface area contributed by atoms with E-state index in [1.54, 1.807) is 0 Å². The van der Waals surface area contributed by atoms with Crippen molar-refractivity contribution in [3.63, 3.8) is 0 Å². The van der Waals surface area contributed by atoms with Gasteiger partial charge in [-0.05, 0) is 63.7 Å². The average molecular weight is 664 g/mol. The van der Waals surface area contributed by atoms with Gasteiger partial charge in [0.2, 0.25) is 0 Å². The first kappa shape index (κ1) is 29.8. The van der Waals surface area contributed by atoms with Crippen molar-refractivity contribution in [3.8, 4) is 73.7 Å². The number of para-hydroxylation sites is 2. The first-order chi connectivity index (χ1) is 25.7. The second kappa shape index (κ2) is 11.8. The van der Waals surface area contributed by atoms with Crippen molar-refractivity contribution in [2.75, 3.05) is 0 Å². The topological polar surface area (TPSA) is 58.8 Å². The zero-order valence-electron chi connectivity index (χ0n) is 28.0. The van der Waals surface area contributed by atoms with Gasteiger partial charge in [0.1, 0.15) is 11.5 Å². The summed E-state index contributed by atoms with van der Waals surface area (Å²) >= 11 is 0. The minimum Gasteiger partial charge on any atom is -0.457 e. The molecule has 1 aliphatic carbocycles. The van der Waals surface area contributed by atoms with E-state index in [0.717, 1.165) is 78.5 Å². The van der Waals surface area contributed by atoms with E-state index in [2.05, 4.69) is 109 Å². The molecule has 0 atom stereocenters. The predicted molar refractivity (Wildman–Crippen MR) is 206 cm³/mol. The van der Waals surface area contributed by atoms with E-state index in [0.29, 0.717) is 11.4 Å². The van der Waals surface area contributed by atoms with Gasteiger partial charge in [-0.3, -0.25) is 0 Å². The van der Waals surface area contributed by atoms with E-state index in [1.165, 1.54) is 5.56 Å². The van der Waals surface area contributed by atoms with Gasteiger partial charge in [-0.15, -0.1) is 0 Å². The Hall–Kier alpha value is -7.09. The number of aromatic nitrogens is 2. The normalized spacial score (nSPS) is 12.9. The maximum absolute atomic E-state index is 9.63. The van der Waals surface area contributed by atoms with Crippen molar-refractivity contribution >= 4 is 0 Å². The number of rotatable bonds is 4. The van der Waals surface area contributed by atoms with Crippen LogP contribution >= 0.6 is 0 Å². The standard InChI is InChI=1S/C48H29N3O/c49-30-31-25-27-32(28-26-31)35-17-11-21-39-45(35)46-36(47-50-41(33-13-3-1-4-14-33)29-42(51-47)34-15-5-2-6-16-34)18-12-22-40(46)48(39)37-19-7-9-23-43(37)52-44-24-10-8-20-38(44)48/h1-29H. The Labute approximate surface area is 301 Å². The lowest BCUT2D eigenvalue weighted by Crippen LogP contribution is -2.32. The molecule has 0 saturated heterocycles. The number of hydrogen-bond donors (Lipinski definition) is 0. The van der Waals surface area contributed by atoms with E-state index in [-0.39, 0.29) is 0 Å². The molecule has 0 fully saturated rings. The second-order valence-electron chi connectivity index (χ2n) is 13.2. The molecule has 10 rings (SSSR count). The molecule has 0 N–H and O–H groups in total. The molecule has 8 aromatic rings. The highest BCUT2D eigenvalue weighted by Gasteiger charge is 2.52. The highest BCUT2D eigenvalue weighted by Crippen LogP contribution is 2.64. The van der Waals surface area contributed by atoms with Crippen LogP contribution in [0.15, 0.2) is 176 Å². The number of ether oxygens (including phenoxy) is 1. The Balaban J connectivity index is 1.34. The highest BCUT2D eigenvalue weighted by molar-refractivity contribution is 6.02. The molecule has 0 saturated carbocycles. The molecule has 242 valence electrons. The van der Waals surface area contributed by atoms with Gasteiger partial charge in [-0.2, -0.15) is 5.26 Å². The second-order valence-corrected chi connectivity index (χ2v) is 13.2. The van der Waals surface area contributed by atoms with Crippen molar-refractivity contribution < 1.29 is 4.74 Å². The zero-order valence-corrected chi connectivity index (χ0v) is 28.0. The summed E-state index contributed by atoms with van der Waals surface area (Å²) in [6.07, 6.45) is 0. The van der Waals surface area contributed by atoms with Crippen LogP contribution in [-0.2, 0) is 5.41 Å². The summed E-state index contributed by atoms with van der Waals surface area (Å²) in [5.74, 6) is 2.33. The fourth-order valence-corrected chi connectivity index (χ4v) is 8.22. The SMILES string of the molecule is N#Cc1ccc(-c2cccc3c2-c2c(-c4nc(-c5ccccc5)cc(-c5ccccc5)n4)cccc2C32c3ccccc3Oc3ccccc32)cc1. The summed E-state index contributed by atoms with van der Waals surface area (Å²) < 4.78 is 6.62. The van der Waals surface area contributed by atoms with Gasteiger partial charge in [-0.1, -0.05) is 146 Å². The molecular formula is C48H29N3O. The summed E-state index contributed by atoms with van der Waals surface area (Å²) in [6.45, 7) is 0. The van der Waals surface area contributed by atoms with Gasteiger partial charge in [0, 0.05) is 27.8 Å². The Morgan fingerprint density at radius 2 is 0.923 bits per heavy atom. The molecule has 2 heterocycles. The summed E-state index contributed by atoms with van der Waals surface area (Å²) in [6, 6.07) is 62.8. The van der Waals surface area contributed by atoms with E-state index in [1.807, 2.05) is 72.8 Å². The van der Waals surface area contributed by atoms with Crippen LogP contribution < -0.4 is 4.74 Å². The summed E-state index contributed by atoms with van der Waals surface area (Å²) in [5, 5.41) is 9.63. The van der Waals surface area contributed by atoms with Crippen LogP contribution in [0.1, 0.15) is 27.8 Å². The van der Waals surface area contributed by atoms with E-state index < -0.39 is 5.41 Å². The lowest BCUT2D eigenvalue weighted by molar-refractivity contribution is 0.436. The first-order valence-electron chi connectivity index (χ1n) is 17.4. The zero-order chi connectivity index (χ0) is 34.6. The molecule has 1 spiro atoms. The van der Waals surface area contributed by atoms with Crippen LogP contribution in [0.5, 0.6) is 11.5 Å². The maximum atomic E-state index is 9.63. The Morgan fingerprint density at radius 1 is 0.442 bits per heavy atom. The number of benzene rings is 7. The van der Waals surface area contributed by atoms with E-state index in [9.17, 15) is 5.26 Å². The molecule has 1 aromatic heterocycles. The summed E-state index contributed by atoms with van der Waals surface area (Å²) in [4.78, 5) is 10.7. The Bertz CT molecular complexity index is 2610. The molecule has 52 heavy (non-hydrogen) atoms. The van der Waals surface area contributed by atoms with Crippen LogP contribution in [0, 0.1) is 11.3 Å². The maximum Gasteiger partial charge on any atom is 0.161 e. The molecule has 2 aliphatic rings. The monoisotopic (exact) mass is 663 g/mol. The molecule has 4 nitrogen and oxygen atoms in total. The summed E-state index contributed by atoms with van der Waals surface area (Å²) in [7, 11) is 0. The van der Waals surface area contributed by atoms with Crippen molar-refractivity contribution in [1.29, 1.82) is 5.26 Å². The minimum absolute atomic E-state index is 0.626. The third-order valence-corrected chi connectivity index (χ3v) is 10.4. The van der Waals surface area contributed by atoms with Crippen LogP contribution in [0.25, 0.3) is 56.2 Å². The molecule has 0 bridgehead atoms. The van der Waals surface area contributed by atoms with Crippen molar-refractivity contribution in [2.24, 2.45) is 0 Å². The number of hydrogen-bond acceptors (Lipinski definition) is 4. The number of nitriles is 1. The number of fused-ring (bicyclic) bond motifs is 9. The van der Waals surface area contributed by atoms with Gasteiger partial charge in [-0.25, -0.2) is 9.97 Å². The van der Waals surface area contributed by atoms with Gasteiger partial charge in [0.25, 0.3) is 0 Å². The Morgan fingerprint density at radius 3 is 1.48 bits per heavy atom. The van der Waals surface area contributed by atoms with Gasteiger partial charge >= 0.3 is 0 Å². The molecule has 0 radical (unpaired) electrons. The van der Waals surface area contributed by atoms with Crippen molar-refractivity contribution in [2.45, 2.75) is 5.41 Å². The minimum atomic E-state index is -0.673. The van der Waals surface area contributed by atoms with Gasteiger partial charge < -0.3 is 4.74 Å². The molecule has 1 aliphatic heterocycles. The van der Waals surface area contributed by atoms with Crippen molar-refractivity contribution in [1.82, 2.24) is 9.97 Å². The first-order valence-corrected chi connectivity index (χ1v) is 17.4. The largest absolute Gasteiger partial charge is 0.457 e. The van der Waals surface area contributed by atoms with Crippen LogP contribution in [0.2, 0.25) is 0 Å². The smallest absolute Gasteiger partial charge is 0.161 e. The van der Waals surface area contributed by atoms with E-state index >= 15 is 0 Å². The molecular weight excluding hydrogens is 635 g/mol. The fourth-order valence-electron chi connectivity index (χ4n) is 8.22. The quantitative estimate of drug-likeness (QED) is 0.188. The Kier molecular flexibility index (Phi) is 6.74. The van der Waals surface area contributed by atoms with Crippen molar-refractivity contribution in [3.05, 3.63) is 204 Å². The lowest BCUT2D eigenvalue weighted by atomic mass is 9.66. The van der Waals surface area contributed by atoms with Crippen LogP contribution in [-0.4, -0.2) is 9.97 Å². The number of nitrogens with zero attached hydrogens (tertiary/aromatic N) is 3. The molecule has 7 aromatic carbocycles. The predicted octanol–water partition coefficient (Wildman–Crippen LogP) is 11.5. The third-order valence-electron chi connectivity index (χ3n) is 10.4.